The summed E-state index contributed by atoms with van der Waals surface area (Å²) in [6.07, 6.45) is 7.62. The average Bonchev–Trinajstić information content (AvgIpc) is 3.23. The molecule has 0 aliphatic carbocycles. The van der Waals surface area contributed by atoms with Gasteiger partial charge in [0.05, 0.1) is 6.54 Å². The highest BCUT2D eigenvalue weighted by atomic mass is 35.5. The molecule has 0 saturated carbocycles. The molecule has 0 radical (unpaired) electrons. The molecule has 24 heavy (non-hydrogen) atoms. The molecular weight excluding hydrogens is 345 g/mol. The van der Waals surface area contributed by atoms with Gasteiger partial charge in [0, 0.05) is 42.1 Å². The predicted octanol–water partition coefficient (Wildman–Crippen LogP) is 4.03. The van der Waals surface area contributed by atoms with E-state index in [0.29, 0.717) is 10.3 Å². The minimum atomic E-state index is 0.364. The largest absolute Gasteiger partial charge is 0.348 e. The number of aromatic nitrogens is 5. The summed E-state index contributed by atoms with van der Waals surface area (Å²) in [7, 11) is 0. The van der Waals surface area contributed by atoms with Crippen LogP contribution in [0.25, 0.3) is 10.8 Å². The van der Waals surface area contributed by atoms with Crippen molar-refractivity contribution in [3.05, 3.63) is 76.6 Å². The first-order chi connectivity index (χ1) is 11.7. The van der Waals surface area contributed by atoms with Crippen LogP contribution in [0.4, 0.5) is 0 Å². The monoisotopic (exact) mass is 357 g/mol. The number of halogens is 2. The predicted molar refractivity (Wildman–Crippen MR) is 94.4 cm³/mol. The van der Waals surface area contributed by atoms with Crippen molar-refractivity contribution < 1.29 is 0 Å². The maximum absolute atomic E-state index is 6.08. The lowest BCUT2D eigenvalue weighted by Crippen LogP contribution is -2.01. The molecule has 1 aromatic carbocycles. The van der Waals surface area contributed by atoms with Crippen LogP contribution < -0.4 is 0 Å². The number of hydrogen-bond acceptors (Lipinski definition) is 3. The number of hydrogen-bond donors (Lipinski definition) is 0. The van der Waals surface area contributed by atoms with Crippen molar-refractivity contribution in [2.24, 2.45) is 0 Å². The third-order valence-corrected chi connectivity index (χ3v) is 4.40. The second-order valence-electron chi connectivity index (χ2n) is 5.56. The molecule has 0 N–H and O–H groups in total. The van der Waals surface area contributed by atoms with Gasteiger partial charge in [0.2, 0.25) is 0 Å². The fraction of sp³-hybridized carbons (Fsp3) is 0.118. The van der Waals surface area contributed by atoms with E-state index in [9.17, 15) is 0 Å². The molecule has 5 nitrogen and oxygen atoms in total. The maximum Gasteiger partial charge on any atom is 0.161 e. The fourth-order valence-electron chi connectivity index (χ4n) is 2.67. The SMILES string of the molecule is Clc1nnc(Cl)c2cn(Cc3ccc(Cn4cccn4)cc3)cc12. The van der Waals surface area contributed by atoms with E-state index in [1.165, 1.54) is 11.1 Å². The van der Waals surface area contributed by atoms with Crippen LogP contribution in [-0.4, -0.2) is 24.5 Å². The Morgan fingerprint density at radius 1 is 0.833 bits per heavy atom. The van der Waals surface area contributed by atoms with Crippen LogP contribution in [0.2, 0.25) is 10.3 Å². The standard InChI is InChI=1S/C17H13Cl2N5/c18-16-14-10-23(11-15(14)17(19)22-21-16)8-12-2-4-13(5-3-12)9-24-7-1-6-20-24/h1-7,10-11H,8-9H2. The van der Waals surface area contributed by atoms with Gasteiger partial charge < -0.3 is 4.57 Å². The lowest BCUT2D eigenvalue weighted by molar-refractivity contribution is 0.686. The molecule has 0 atom stereocenters. The minimum absolute atomic E-state index is 0.364. The Morgan fingerprint density at radius 3 is 1.96 bits per heavy atom. The Bertz CT molecular complexity index is 935. The van der Waals surface area contributed by atoms with Crippen molar-refractivity contribution in [1.29, 1.82) is 0 Å². The van der Waals surface area contributed by atoms with Gasteiger partial charge in [-0.1, -0.05) is 47.5 Å². The Hall–Kier alpha value is -2.37. The summed E-state index contributed by atoms with van der Waals surface area (Å²) in [5, 5.41) is 14.2. The highest BCUT2D eigenvalue weighted by Crippen LogP contribution is 2.27. The van der Waals surface area contributed by atoms with Crippen LogP contribution >= 0.6 is 23.2 Å². The smallest absolute Gasteiger partial charge is 0.161 e. The van der Waals surface area contributed by atoms with Gasteiger partial charge in [0.1, 0.15) is 0 Å². The van der Waals surface area contributed by atoms with Gasteiger partial charge in [-0.25, -0.2) is 0 Å². The van der Waals surface area contributed by atoms with E-state index in [2.05, 4.69) is 39.6 Å². The molecule has 3 aromatic heterocycles. The maximum atomic E-state index is 6.08. The van der Waals surface area contributed by atoms with E-state index in [-0.39, 0.29) is 0 Å². The Balaban J connectivity index is 1.55. The second kappa shape index (κ2) is 6.26. The van der Waals surface area contributed by atoms with Gasteiger partial charge in [0.15, 0.2) is 10.3 Å². The van der Waals surface area contributed by atoms with E-state index < -0.39 is 0 Å². The zero-order valence-corrected chi connectivity index (χ0v) is 14.1. The highest BCUT2D eigenvalue weighted by Gasteiger charge is 2.09. The lowest BCUT2D eigenvalue weighted by Gasteiger charge is -2.06. The first kappa shape index (κ1) is 15.2. The second-order valence-corrected chi connectivity index (χ2v) is 6.28. The molecule has 4 aromatic rings. The molecule has 0 saturated heterocycles. The van der Waals surface area contributed by atoms with Crippen LogP contribution in [0.5, 0.6) is 0 Å². The summed E-state index contributed by atoms with van der Waals surface area (Å²) in [4.78, 5) is 0. The third kappa shape index (κ3) is 3.00. The first-order valence-electron chi connectivity index (χ1n) is 7.41. The van der Waals surface area contributed by atoms with Crippen molar-refractivity contribution in [2.75, 3.05) is 0 Å². The van der Waals surface area contributed by atoms with Gasteiger partial charge in [-0.15, -0.1) is 10.2 Å². The Kier molecular flexibility index (Phi) is 3.96. The van der Waals surface area contributed by atoms with E-state index in [4.69, 9.17) is 23.2 Å². The number of benzene rings is 1. The van der Waals surface area contributed by atoms with Crippen LogP contribution in [0, 0.1) is 0 Å². The topological polar surface area (TPSA) is 48.5 Å². The van der Waals surface area contributed by atoms with Gasteiger partial charge in [0.25, 0.3) is 0 Å². The highest BCUT2D eigenvalue weighted by molar-refractivity contribution is 6.38. The van der Waals surface area contributed by atoms with Crippen molar-refractivity contribution in [2.45, 2.75) is 13.1 Å². The van der Waals surface area contributed by atoms with E-state index in [0.717, 1.165) is 23.9 Å². The van der Waals surface area contributed by atoms with E-state index >= 15 is 0 Å². The molecule has 0 spiro atoms. The van der Waals surface area contributed by atoms with Crippen molar-refractivity contribution in [3.8, 4) is 0 Å². The molecule has 7 heteroatoms. The third-order valence-electron chi connectivity index (χ3n) is 3.84. The minimum Gasteiger partial charge on any atom is -0.348 e. The number of nitrogens with zero attached hydrogens (tertiary/aromatic N) is 5. The summed E-state index contributed by atoms with van der Waals surface area (Å²) >= 11 is 12.2. The number of rotatable bonds is 4. The number of fused-ring (bicyclic) bond motifs is 1. The molecule has 0 aliphatic heterocycles. The zero-order chi connectivity index (χ0) is 16.5. The zero-order valence-electron chi connectivity index (χ0n) is 12.6. The molecule has 3 heterocycles. The molecular formula is C17H13Cl2N5. The Labute approximate surface area is 148 Å². The molecule has 0 aliphatic rings. The summed E-state index contributed by atoms with van der Waals surface area (Å²) < 4.78 is 3.94. The van der Waals surface area contributed by atoms with Crippen LogP contribution in [0.15, 0.2) is 55.1 Å². The molecule has 0 bridgehead atoms. The quantitative estimate of drug-likeness (QED) is 0.553. The van der Waals surface area contributed by atoms with E-state index in [1.54, 1.807) is 6.20 Å². The van der Waals surface area contributed by atoms with Crippen LogP contribution in [-0.2, 0) is 13.1 Å². The summed E-state index contributed by atoms with van der Waals surface area (Å²) in [6.45, 7) is 1.49. The summed E-state index contributed by atoms with van der Waals surface area (Å²) in [5.41, 5.74) is 2.40. The fourth-order valence-corrected chi connectivity index (χ4v) is 3.04. The molecule has 0 unspecified atom stereocenters. The van der Waals surface area contributed by atoms with Crippen molar-refractivity contribution in [3.63, 3.8) is 0 Å². The van der Waals surface area contributed by atoms with Gasteiger partial charge in [-0.05, 0) is 17.2 Å². The van der Waals surface area contributed by atoms with Crippen molar-refractivity contribution in [1.82, 2.24) is 24.5 Å². The normalized spacial score (nSPS) is 11.2. The van der Waals surface area contributed by atoms with Crippen LogP contribution in [0.3, 0.4) is 0 Å². The summed E-state index contributed by atoms with van der Waals surface area (Å²) in [6, 6.07) is 10.4. The van der Waals surface area contributed by atoms with E-state index in [1.807, 2.05) is 33.9 Å². The molecule has 0 amide bonds. The molecule has 4 rings (SSSR count). The van der Waals surface area contributed by atoms with Crippen LogP contribution in [0.1, 0.15) is 11.1 Å². The molecule has 0 fully saturated rings. The van der Waals surface area contributed by atoms with Crippen molar-refractivity contribution >= 4 is 34.0 Å². The van der Waals surface area contributed by atoms with Gasteiger partial charge in [-0.3, -0.25) is 4.68 Å². The van der Waals surface area contributed by atoms with Gasteiger partial charge >= 0.3 is 0 Å². The Morgan fingerprint density at radius 2 is 1.42 bits per heavy atom. The first-order valence-corrected chi connectivity index (χ1v) is 8.17. The summed E-state index contributed by atoms with van der Waals surface area (Å²) in [5.74, 6) is 0. The molecule has 120 valence electrons. The lowest BCUT2D eigenvalue weighted by atomic mass is 10.1. The van der Waals surface area contributed by atoms with Gasteiger partial charge in [-0.2, -0.15) is 5.10 Å². The average molecular weight is 358 g/mol.